The zero-order valence-corrected chi connectivity index (χ0v) is 9.72. The first-order valence-corrected chi connectivity index (χ1v) is 5.11. The maximum absolute atomic E-state index is 13.4. The summed E-state index contributed by atoms with van der Waals surface area (Å²) in [6.45, 7) is 1.50. The van der Waals surface area contributed by atoms with Crippen molar-refractivity contribution in [2.24, 2.45) is 0 Å². The molecule has 10 heteroatoms. The zero-order chi connectivity index (χ0) is 15.3. The number of imidazole rings is 1. The highest BCUT2D eigenvalue weighted by Crippen LogP contribution is 2.51. The molecule has 2 heterocycles. The van der Waals surface area contributed by atoms with Gasteiger partial charge in [-0.15, -0.1) is 0 Å². The molecule has 2 rings (SSSR count). The summed E-state index contributed by atoms with van der Waals surface area (Å²) >= 11 is 0. The Morgan fingerprint density at radius 1 is 1.05 bits per heavy atom. The normalized spacial score (nSPS) is 14.0. The monoisotopic (exact) mass is 301 g/mol. The fraction of sp³-hybridized carbons (Fsp3) is 0.400. The lowest BCUT2D eigenvalue weighted by Crippen LogP contribution is -2.50. The molecule has 20 heavy (non-hydrogen) atoms. The van der Waals surface area contributed by atoms with E-state index in [1.54, 1.807) is 0 Å². The molecule has 0 bridgehead atoms. The molecule has 2 aromatic rings. The van der Waals surface area contributed by atoms with Crippen molar-refractivity contribution < 1.29 is 30.7 Å². The molecule has 0 aliphatic rings. The highest BCUT2D eigenvalue weighted by Gasteiger charge is 2.74. The van der Waals surface area contributed by atoms with Gasteiger partial charge < -0.3 is 0 Å². The van der Waals surface area contributed by atoms with E-state index in [-0.39, 0.29) is 5.65 Å². The van der Waals surface area contributed by atoms with Crippen molar-refractivity contribution >= 4 is 5.65 Å². The van der Waals surface area contributed by atoms with Gasteiger partial charge in [0, 0.05) is 12.3 Å². The number of fused-ring (bicyclic) bond motifs is 1. The van der Waals surface area contributed by atoms with Gasteiger partial charge in [0.1, 0.15) is 17.7 Å². The summed E-state index contributed by atoms with van der Waals surface area (Å²) in [6.07, 6.45) is -4.34. The Labute approximate surface area is 107 Å². The molecule has 0 unspecified atom stereocenters. The van der Waals surface area contributed by atoms with Crippen LogP contribution in [0.15, 0.2) is 18.6 Å². The number of aromatic nitrogens is 3. The lowest BCUT2D eigenvalue weighted by molar-refractivity contribution is -0.360. The minimum Gasteiger partial charge on any atom is -0.290 e. The van der Waals surface area contributed by atoms with Gasteiger partial charge in [0.05, 0.1) is 5.69 Å². The quantitative estimate of drug-likeness (QED) is 0.797. The third-order valence-corrected chi connectivity index (χ3v) is 2.54. The summed E-state index contributed by atoms with van der Waals surface area (Å²) in [4.78, 5) is 6.66. The van der Waals surface area contributed by atoms with Gasteiger partial charge in [-0.25, -0.2) is 9.97 Å². The van der Waals surface area contributed by atoms with Crippen LogP contribution < -0.4 is 0 Å². The number of hydrogen-bond acceptors (Lipinski definition) is 2. The third-order valence-electron chi connectivity index (χ3n) is 2.54. The SMILES string of the molecule is Cc1cn2cnc(C(F)(F)C(F)(F)C(F)(F)F)cc2n1. The molecule has 0 radical (unpaired) electrons. The van der Waals surface area contributed by atoms with Crippen LogP contribution in [0.4, 0.5) is 30.7 Å². The summed E-state index contributed by atoms with van der Waals surface area (Å²) < 4.78 is 89.8. The van der Waals surface area contributed by atoms with Crippen LogP contribution in [-0.2, 0) is 5.92 Å². The molecular formula is C10H6F7N3. The van der Waals surface area contributed by atoms with Crippen LogP contribution in [0.3, 0.4) is 0 Å². The van der Waals surface area contributed by atoms with Gasteiger partial charge in [-0.2, -0.15) is 30.7 Å². The average Bonchev–Trinajstić information content (AvgIpc) is 2.65. The topological polar surface area (TPSA) is 30.2 Å². The molecule has 110 valence electrons. The number of aryl methyl sites for hydroxylation is 1. The summed E-state index contributed by atoms with van der Waals surface area (Å²) in [5.41, 5.74) is -1.53. The van der Waals surface area contributed by atoms with Gasteiger partial charge in [-0.3, -0.25) is 4.40 Å². The Bertz CT molecular complexity index is 644. The van der Waals surface area contributed by atoms with Gasteiger partial charge in [-0.05, 0) is 6.92 Å². The van der Waals surface area contributed by atoms with Crippen LogP contribution in [0.5, 0.6) is 0 Å². The number of hydrogen-bond donors (Lipinski definition) is 0. The third kappa shape index (κ3) is 1.98. The number of halogens is 7. The van der Waals surface area contributed by atoms with E-state index >= 15 is 0 Å². The van der Waals surface area contributed by atoms with E-state index in [1.165, 1.54) is 13.1 Å². The highest BCUT2D eigenvalue weighted by molar-refractivity contribution is 5.41. The summed E-state index contributed by atoms with van der Waals surface area (Å²) in [5.74, 6) is -11.7. The van der Waals surface area contributed by atoms with Crippen LogP contribution in [-0.4, -0.2) is 26.5 Å². The molecule has 2 aromatic heterocycles. The first-order chi connectivity index (χ1) is 8.97. The lowest BCUT2D eigenvalue weighted by Gasteiger charge is -2.27. The summed E-state index contributed by atoms with van der Waals surface area (Å²) in [7, 11) is 0. The Kier molecular flexibility index (Phi) is 2.95. The number of rotatable bonds is 2. The van der Waals surface area contributed by atoms with Crippen molar-refractivity contribution in [3.05, 3.63) is 30.0 Å². The second kappa shape index (κ2) is 4.06. The molecule has 3 nitrogen and oxygen atoms in total. The molecule has 0 fully saturated rings. The van der Waals surface area contributed by atoms with E-state index in [0.29, 0.717) is 18.1 Å². The van der Waals surface area contributed by atoms with E-state index in [1.807, 2.05) is 0 Å². The first kappa shape index (κ1) is 14.5. The van der Waals surface area contributed by atoms with E-state index in [2.05, 4.69) is 9.97 Å². The van der Waals surface area contributed by atoms with Crippen molar-refractivity contribution in [2.75, 3.05) is 0 Å². The van der Waals surface area contributed by atoms with Gasteiger partial charge >= 0.3 is 18.0 Å². The second-order valence-corrected chi connectivity index (χ2v) is 4.07. The fourth-order valence-corrected chi connectivity index (χ4v) is 1.53. The molecule has 0 N–H and O–H groups in total. The Balaban J connectivity index is 2.56. The number of nitrogens with zero attached hydrogens (tertiary/aromatic N) is 3. The van der Waals surface area contributed by atoms with Crippen molar-refractivity contribution in [3.63, 3.8) is 0 Å². The van der Waals surface area contributed by atoms with Crippen LogP contribution in [0.1, 0.15) is 11.4 Å². The van der Waals surface area contributed by atoms with Gasteiger partial charge in [0.25, 0.3) is 0 Å². The molecule has 0 aliphatic carbocycles. The molecule has 0 spiro atoms. The summed E-state index contributed by atoms with van der Waals surface area (Å²) in [5, 5.41) is 0. The molecule has 0 aliphatic heterocycles. The maximum atomic E-state index is 13.4. The van der Waals surface area contributed by atoms with Crippen molar-refractivity contribution in [2.45, 2.75) is 24.9 Å². The van der Waals surface area contributed by atoms with Crippen molar-refractivity contribution in [3.8, 4) is 0 Å². The standard InChI is InChI=1S/C10H6F7N3/c1-5-3-20-4-18-6(2-7(20)19-5)8(11,12)9(13,14)10(15,16)17/h2-4H,1H3. The van der Waals surface area contributed by atoms with E-state index in [4.69, 9.17) is 0 Å². The van der Waals surface area contributed by atoms with Crippen molar-refractivity contribution in [1.29, 1.82) is 0 Å². The average molecular weight is 301 g/mol. The fourth-order valence-electron chi connectivity index (χ4n) is 1.53. The van der Waals surface area contributed by atoms with Crippen LogP contribution in [0.25, 0.3) is 5.65 Å². The van der Waals surface area contributed by atoms with E-state index in [9.17, 15) is 30.7 Å². The molecule has 0 aromatic carbocycles. The first-order valence-electron chi connectivity index (χ1n) is 5.11. The molecule has 0 saturated carbocycles. The van der Waals surface area contributed by atoms with Crippen LogP contribution >= 0.6 is 0 Å². The molecule has 0 atom stereocenters. The Morgan fingerprint density at radius 2 is 1.65 bits per heavy atom. The van der Waals surface area contributed by atoms with Gasteiger partial charge in [-0.1, -0.05) is 0 Å². The Morgan fingerprint density at radius 3 is 2.20 bits per heavy atom. The summed E-state index contributed by atoms with van der Waals surface area (Å²) in [6, 6.07) is 0.395. The minimum absolute atomic E-state index is 0.204. The van der Waals surface area contributed by atoms with Crippen LogP contribution in [0, 0.1) is 6.92 Å². The van der Waals surface area contributed by atoms with Gasteiger partial charge in [0.2, 0.25) is 0 Å². The van der Waals surface area contributed by atoms with E-state index < -0.39 is 23.7 Å². The van der Waals surface area contributed by atoms with E-state index in [0.717, 1.165) is 4.40 Å². The Hall–Kier alpha value is -1.87. The predicted octanol–water partition coefficient (Wildman–Crippen LogP) is 3.33. The molecular weight excluding hydrogens is 295 g/mol. The van der Waals surface area contributed by atoms with Gasteiger partial charge in [0.15, 0.2) is 0 Å². The molecule has 0 amide bonds. The highest BCUT2D eigenvalue weighted by atomic mass is 19.4. The lowest BCUT2D eigenvalue weighted by atomic mass is 10.1. The van der Waals surface area contributed by atoms with Crippen LogP contribution in [0.2, 0.25) is 0 Å². The smallest absolute Gasteiger partial charge is 0.290 e. The van der Waals surface area contributed by atoms with Crippen molar-refractivity contribution in [1.82, 2.24) is 14.4 Å². The zero-order valence-electron chi connectivity index (χ0n) is 9.72. The largest absolute Gasteiger partial charge is 0.460 e. The number of alkyl halides is 7. The second-order valence-electron chi connectivity index (χ2n) is 4.07. The minimum atomic E-state index is -6.39. The maximum Gasteiger partial charge on any atom is 0.460 e. The molecule has 0 saturated heterocycles. The predicted molar refractivity (Wildman–Crippen MR) is 52.6 cm³/mol.